The standard InChI is InChI=1S/C9H14N2S2/c1-3-10-9(12)11-5-8-4-7(2)13-6-8/h4,6H,3,5H2,1-2H3,(H2,10,11,12). The molecule has 1 aromatic rings. The third-order valence-electron chi connectivity index (χ3n) is 1.58. The Hall–Kier alpha value is -0.610. The summed E-state index contributed by atoms with van der Waals surface area (Å²) in [6, 6.07) is 2.17. The van der Waals surface area contributed by atoms with Crippen LogP contribution in [0.1, 0.15) is 17.4 Å². The van der Waals surface area contributed by atoms with Gasteiger partial charge in [0.25, 0.3) is 0 Å². The summed E-state index contributed by atoms with van der Waals surface area (Å²) >= 11 is 6.81. The summed E-state index contributed by atoms with van der Waals surface area (Å²) in [6.45, 7) is 5.82. The second-order valence-corrected chi connectivity index (χ2v) is 4.30. The number of rotatable bonds is 3. The summed E-state index contributed by atoms with van der Waals surface area (Å²) in [5.74, 6) is 0. The van der Waals surface area contributed by atoms with Gasteiger partial charge in [0.1, 0.15) is 0 Å². The molecule has 4 heteroatoms. The van der Waals surface area contributed by atoms with Crippen LogP contribution in [-0.4, -0.2) is 11.7 Å². The summed E-state index contributed by atoms with van der Waals surface area (Å²) in [5.41, 5.74) is 1.29. The Morgan fingerprint density at radius 3 is 2.85 bits per heavy atom. The molecule has 0 bridgehead atoms. The molecule has 0 radical (unpaired) electrons. The molecule has 1 rings (SSSR count). The molecule has 0 spiro atoms. The quantitative estimate of drug-likeness (QED) is 0.753. The molecule has 0 aliphatic carbocycles. The Morgan fingerprint density at radius 2 is 2.31 bits per heavy atom. The van der Waals surface area contributed by atoms with E-state index in [2.05, 4.69) is 29.0 Å². The van der Waals surface area contributed by atoms with Crippen molar-refractivity contribution in [1.29, 1.82) is 0 Å². The fourth-order valence-electron chi connectivity index (χ4n) is 0.996. The van der Waals surface area contributed by atoms with Gasteiger partial charge in [0.15, 0.2) is 5.11 Å². The van der Waals surface area contributed by atoms with Crippen molar-refractivity contribution in [2.24, 2.45) is 0 Å². The van der Waals surface area contributed by atoms with E-state index in [-0.39, 0.29) is 0 Å². The molecule has 2 N–H and O–H groups in total. The zero-order valence-electron chi connectivity index (χ0n) is 7.89. The molecule has 0 aliphatic rings. The zero-order chi connectivity index (χ0) is 9.68. The maximum absolute atomic E-state index is 5.04. The van der Waals surface area contributed by atoms with Gasteiger partial charge in [-0.25, -0.2) is 0 Å². The summed E-state index contributed by atoms with van der Waals surface area (Å²) in [4.78, 5) is 1.34. The third kappa shape index (κ3) is 3.74. The Balaban J connectivity index is 2.30. The molecule has 0 fully saturated rings. The van der Waals surface area contributed by atoms with E-state index in [1.54, 1.807) is 11.3 Å². The zero-order valence-corrected chi connectivity index (χ0v) is 9.52. The van der Waals surface area contributed by atoms with Crippen LogP contribution in [0.3, 0.4) is 0 Å². The van der Waals surface area contributed by atoms with Crippen molar-refractivity contribution in [3.8, 4) is 0 Å². The monoisotopic (exact) mass is 214 g/mol. The van der Waals surface area contributed by atoms with Crippen LogP contribution < -0.4 is 10.6 Å². The summed E-state index contributed by atoms with van der Waals surface area (Å²) in [6.07, 6.45) is 0. The Morgan fingerprint density at radius 1 is 1.54 bits per heavy atom. The average Bonchev–Trinajstić information content (AvgIpc) is 2.49. The van der Waals surface area contributed by atoms with Crippen molar-refractivity contribution in [1.82, 2.24) is 10.6 Å². The van der Waals surface area contributed by atoms with E-state index >= 15 is 0 Å². The number of thiocarbonyl (C=S) groups is 1. The topological polar surface area (TPSA) is 24.1 Å². The fraction of sp³-hybridized carbons (Fsp3) is 0.444. The van der Waals surface area contributed by atoms with Crippen molar-refractivity contribution in [3.05, 3.63) is 21.9 Å². The highest BCUT2D eigenvalue weighted by Gasteiger charge is 1.96. The first-order chi connectivity index (χ1) is 6.22. The highest BCUT2D eigenvalue weighted by atomic mass is 32.1. The van der Waals surface area contributed by atoms with Gasteiger partial charge in [-0.05, 0) is 43.1 Å². The lowest BCUT2D eigenvalue weighted by atomic mass is 10.3. The maximum atomic E-state index is 5.04. The molecule has 13 heavy (non-hydrogen) atoms. The first kappa shape index (κ1) is 10.5. The lowest BCUT2D eigenvalue weighted by Crippen LogP contribution is -2.34. The van der Waals surface area contributed by atoms with Gasteiger partial charge in [-0.2, -0.15) is 0 Å². The lowest BCUT2D eigenvalue weighted by Gasteiger charge is -2.06. The second kappa shape index (κ2) is 5.19. The second-order valence-electron chi connectivity index (χ2n) is 2.78. The van der Waals surface area contributed by atoms with Gasteiger partial charge in [0.2, 0.25) is 0 Å². The normalized spacial score (nSPS) is 9.69. The van der Waals surface area contributed by atoms with E-state index < -0.39 is 0 Å². The van der Waals surface area contributed by atoms with Crippen LogP contribution in [0.15, 0.2) is 11.4 Å². The lowest BCUT2D eigenvalue weighted by molar-refractivity contribution is 0.857. The van der Waals surface area contributed by atoms with Crippen LogP contribution in [0, 0.1) is 6.92 Å². The molecule has 72 valence electrons. The Kier molecular flexibility index (Phi) is 4.18. The van der Waals surface area contributed by atoms with Gasteiger partial charge >= 0.3 is 0 Å². The van der Waals surface area contributed by atoms with Gasteiger partial charge in [-0.1, -0.05) is 0 Å². The highest BCUT2D eigenvalue weighted by molar-refractivity contribution is 7.80. The summed E-state index contributed by atoms with van der Waals surface area (Å²) < 4.78 is 0. The van der Waals surface area contributed by atoms with E-state index in [1.807, 2.05) is 6.92 Å². The van der Waals surface area contributed by atoms with Crippen molar-refractivity contribution in [3.63, 3.8) is 0 Å². The van der Waals surface area contributed by atoms with Gasteiger partial charge in [-0.3, -0.25) is 0 Å². The van der Waals surface area contributed by atoms with Gasteiger partial charge < -0.3 is 10.6 Å². The summed E-state index contributed by atoms with van der Waals surface area (Å²) in [7, 11) is 0. The third-order valence-corrected chi connectivity index (χ3v) is 2.77. The predicted octanol–water partition coefficient (Wildman–Crippen LogP) is 2.04. The SMILES string of the molecule is CCNC(=S)NCc1csc(C)c1. The molecule has 1 aromatic heterocycles. The Labute approximate surface area is 88.4 Å². The van der Waals surface area contributed by atoms with E-state index in [1.165, 1.54) is 10.4 Å². The van der Waals surface area contributed by atoms with Crippen LogP contribution in [0.2, 0.25) is 0 Å². The van der Waals surface area contributed by atoms with Crippen LogP contribution in [0.5, 0.6) is 0 Å². The minimum Gasteiger partial charge on any atom is -0.363 e. The van der Waals surface area contributed by atoms with Crippen molar-refractivity contribution in [2.75, 3.05) is 6.54 Å². The maximum Gasteiger partial charge on any atom is 0.166 e. The molecular weight excluding hydrogens is 200 g/mol. The minimum atomic E-state index is 0.728. The number of aryl methyl sites for hydroxylation is 1. The molecule has 1 heterocycles. The van der Waals surface area contributed by atoms with Gasteiger partial charge in [0.05, 0.1) is 0 Å². The van der Waals surface area contributed by atoms with E-state index in [0.717, 1.165) is 18.2 Å². The van der Waals surface area contributed by atoms with E-state index in [9.17, 15) is 0 Å². The molecule has 0 saturated heterocycles. The first-order valence-electron chi connectivity index (χ1n) is 4.28. The van der Waals surface area contributed by atoms with Crippen molar-refractivity contribution in [2.45, 2.75) is 20.4 Å². The number of hydrogen-bond acceptors (Lipinski definition) is 2. The van der Waals surface area contributed by atoms with Crippen LogP contribution in [0.4, 0.5) is 0 Å². The Bertz CT molecular complexity index is 281. The molecule has 0 saturated carbocycles. The number of hydrogen-bond donors (Lipinski definition) is 2. The summed E-state index contributed by atoms with van der Waals surface area (Å²) in [5, 5.41) is 9.06. The smallest absolute Gasteiger partial charge is 0.166 e. The molecule has 2 nitrogen and oxygen atoms in total. The minimum absolute atomic E-state index is 0.728. The molecule has 0 aromatic carbocycles. The average molecular weight is 214 g/mol. The van der Waals surface area contributed by atoms with Gasteiger partial charge in [-0.15, -0.1) is 11.3 Å². The molecule has 0 unspecified atom stereocenters. The van der Waals surface area contributed by atoms with Crippen LogP contribution in [-0.2, 0) is 6.54 Å². The first-order valence-corrected chi connectivity index (χ1v) is 5.57. The van der Waals surface area contributed by atoms with Crippen LogP contribution in [0.25, 0.3) is 0 Å². The number of nitrogens with one attached hydrogen (secondary N) is 2. The van der Waals surface area contributed by atoms with Gasteiger partial charge in [0, 0.05) is 18.0 Å². The largest absolute Gasteiger partial charge is 0.363 e. The molecule has 0 atom stereocenters. The number of thiophene rings is 1. The van der Waals surface area contributed by atoms with E-state index in [4.69, 9.17) is 12.2 Å². The molecule has 0 aliphatic heterocycles. The van der Waals surface area contributed by atoms with Crippen molar-refractivity contribution < 1.29 is 0 Å². The van der Waals surface area contributed by atoms with Crippen LogP contribution >= 0.6 is 23.6 Å². The predicted molar refractivity (Wildman–Crippen MR) is 62.2 cm³/mol. The van der Waals surface area contributed by atoms with Crippen molar-refractivity contribution >= 4 is 28.7 Å². The van der Waals surface area contributed by atoms with E-state index in [0.29, 0.717) is 0 Å². The highest BCUT2D eigenvalue weighted by Crippen LogP contribution is 2.12. The molecular formula is C9H14N2S2. The fourth-order valence-corrected chi connectivity index (χ4v) is 1.92. The molecule has 0 amide bonds.